The van der Waals surface area contributed by atoms with Crippen molar-refractivity contribution in [1.29, 1.82) is 0 Å². The molecular formula is C15H20N2OS. The Hall–Kier alpha value is -1.29. The molecule has 0 bridgehead atoms. The summed E-state index contributed by atoms with van der Waals surface area (Å²) in [6.07, 6.45) is 0. The van der Waals surface area contributed by atoms with Gasteiger partial charge < -0.3 is 4.57 Å². The van der Waals surface area contributed by atoms with Crippen molar-refractivity contribution in [3.8, 4) is 0 Å². The molecule has 2 rings (SSSR count). The van der Waals surface area contributed by atoms with Crippen LogP contribution in [0, 0.1) is 5.41 Å². The SMILES string of the molecule is CCn1c(SCC(=O)C(C)(C)C)nc2ccccc21. The molecule has 0 atom stereocenters. The first-order valence-electron chi connectivity index (χ1n) is 6.55. The average molecular weight is 276 g/mol. The van der Waals surface area contributed by atoms with Crippen LogP contribution in [0.5, 0.6) is 0 Å². The summed E-state index contributed by atoms with van der Waals surface area (Å²) in [6, 6.07) is 8.09. The van der Waals surface area contributed by atoms with Crippen molar-refractivity contribution >= 4 is 28.6 Å². The van der Waals surface area contributed by atoms with Gasteiger partial charge in [-0.2, -0.15) is 0 Å². The van der Waals surface area contributed by atoms with Crippen LogP contribution in [0.3, 0.4) is 0 Å². The molecule has 0 aliphatic carbocycles. The first kappa shape index (κ1) is 14.1. The van der Waals surface area contributed by atoms with Gasteiger partial charge in [0.05, 0.1) is 16.8 Å². The van der Waals surface area contributed by atoms with E-state index in [9.17, 15) is 4.79 Å². The van der Waals surface area contributed by atoms with E-state index in [1.165, 1.54) is 11.8 Å². The van der Waals surface area contributed by atoms with E-state index in [0.29, 0.717) is 5.75 Å². The second kappa shape index (κ2) is 5.37. The molecule has 0 fully saturated rings. The average Bonchev–Trinajstić information content (AvgIpc) is 2.72. The van der Waals surface area contributed by atoms with Gasteiger partial charge in [0.25, 0.3) is 0 Å². The number of hydrogen-bond acceptors (Lipinski definition) is 3. The molecule has 0 radical (unpaired) electrons. The fourth-order valence-corrected chi connectivity index (χ4v) is 3.06. The topological polar surface area (TPSA) is 34.9 Å². The van der Waals surface area contributed by atoms with Crippen molar-refractivity contribution in [2.45, 2.75) is 39.4 Å². The lowest BCUT2D eigenvalue weighted by atomic mass is 9.92. The summed E-state index contributed by atoms with van der Waals surface area (Å²) >= 11 is 1.53. The number of ketones is 1. The molecule has 0 saturated carbocycles. The smallest absolute Gasteiger partial charge is 0.169 e. The zero-order chi connectivity index (χ0) is 14.0. The third-order valence-corrected chi connectivity index (χ3v) is 4.08. The van der Waals surface area contributed by atoms with Gasteiger partial charge in [-0.1, -0.05) is 44.7 Å². The van der Waals surface area contributed by atoms with Gasteiger partial charge >= 0.3 is 0 Å². The summed E-state index contributed by atoms with van der Waals surface area (Å²) in [5.74, 6) is 0.736. The number of thioether (sulfide) groups is 1. The Labute approximate surface area is 118 Å². The highest BCUT2D eigenvalue weighted by Crippen LogP contribution is 2.26. The van der Waals surface area contributed by atoms with Crippen LogP contribution in [0.4, 0.5) is 0 Å². The summed E-state index contributed by atoms with van der Waals surface area (Å²) in [7, 11) is 0. The van der Waals surface area contributed by atoms with E-state index in [4.69, 9.17) is 0 Å². The van der Waals surface area contributed by atoms with Crippen LogP contribution < -0.4 is 0 Å². The number of Topliss-reactive ketones (excluding diaryl/α,β-unsaturated/α-hetero) is 1. The van der Waals surface area contributed by atoms with Crippen molar-refractivity contribution in [2.24, 2.45) is 5.41 Å². The molecule has 0 unspecified atom stereocenters. The highest BCUT2D eigenvalue weighted by Gasteiger charge is 2.22. The number of aryl methyl sites for hydroxylation is 1. The number of imidazole rings is 1. The van der Waals surface area contributed by atoms with Crippen LogP contribution in [0.1, 0.15) is 27.7 Å². The Morgan fingerprint density at radius 2 is 2.00 bits per heavy atom. The molecule has 102 valence electrons. The number of aromatic nitrogens is 2. The Bertz CT molecular complexity index is 596. The van der Waals surface area contributed by atoms with Crippen molar-refractivity contribution in [2.75, 3.05) is 5.75 Å². The standard InChI is InChI=1S/C15H20N2OS/c1-5-17-12-9-7-6-8-11(12)16-14(17)19-10-13(18)15(2,3)4/h6-9H,5,10H2,1-4H3. The second-order valence-electron chi connectivity index (χ2n) is 5.59. The summed E-state index contributed by atoms with van der Waals surface area (Å²) in [6.45, 7) is 8.84. The molecule has 0 saturated heterocycles. The fourth-order valence-electron chi connectivity index (χ4n) is 1.82. The second-order valence-corrected chi connectivity index (χ2v) is 6.53. The Morgan fingerprint density at radius 1 is 1.32 bits per heavy atom. The first-order valence-corrected chi connectivity index (χ1v) is 7.53. The molecule has 1 aromatic heterocycles. The van der Waals surface area contributed by atoms with Crippen LogP contribution in [0.15, 0.2) is 29.4 Å². The number of para-hydroxylation sites is 2. The highest BCUT2D eigenvalue weighted by molar-refractivity contribution is 7.99. The highest BCUT2D eigenvalue weighted by atomic mass is 32.2. The number of carbonyl (C=O) groups excluding carboxylic acids is 1. The van der Waals surface area contributed by atoms with Gasteiger partial charge in [0.15, 0.2) is 5.16 Å². The Balaban J connectivity index is 2.23. The molecule has 1 aromatic carbocycles. The van der Waals surface area contributed by atoms with E-state index in [-0.39, 0.29) is 11.2 Å². The van der Waals surface area contributed by atoms with E-state index in [2.05, 4.69) is 22.5 Å². The third-order valence-electron chi connectivity index (χ3n) is 3.10. The predicted molar refractivity (Wildman–Crippen MR) is 80.6 cm³/mol. The molecule has 2 aromatic rings. The number of fused-ring (bicyclic) bond motifs is 1. The molecule has 0 aliphatic rings. The normalized spacial score (nSPS) is 12.0. The molecule has 0 aliphatic heterocycles. The fraction of sp³-hybridized carbons (Fsp3) is 0.467. The third kappa shape index (κ3) is 3.00. The van der Waals surface area contributed by atoms with Gasteiger partial charge in [0, 0.05) is 12.0 Å². The van der Waals surface area contributed by atoms with Crippen molar-refractivity contribution < 1.29 is 4.79 Å². The Morgan fingerprint density at radius 3 is 2.63 bits per heavy atom. The van der Waals surface area contributed by atoms with E-state index in [1.807, 2.05) is 39.0 Å². The van der Waals surface area contributed by atoms with Gasteiger partial charge in [0.2, 0.25) is 0 Å². The van der Waals surface area contributed by atoms with Gasteiger partial charge in [-0.05, 0) is 19.1 Å². The van der Waals surface area contributed by atoms with E-state index in [1.54, 1.807) is 0 Å². The van der Waals surface area contributed by atoms with E-state index in [0.717, 1.165) is 22.7 Å². The number of benzene rings is 1. The number of nitrogens with zero attached hydrogens (tertiary/aromatic N) is 2. The molecule has 19 heavy (non-hydrogen) atoms. The minimum Gasteiger partial charge on any atom is -0.319 e. The van der Waals surface area contributed by atoms with Crippen LogP contribution in [0.25, 0.3) is 11.0 Å². The molecule has 4 heteroatoms. The molecule has 0 amide bonds. The number of carbonyl (C=O) groups is 1. The lowest BCUT2D eigenvalue weighted by Crippen LogP contribution is -2.22. The van der Waals surface area contributed by atoms with Crippen molar-refractivity contribution in [3.05, 3.63) is 24.3 Å². The molecule has 0 spiro atoms. The maximum atomic E-state index is 12.0. The van der Waals surface area contributed by atoms with Crippen molar-refractivity contribution in [1.82, 2.24) is 9.55 Å². The molecule has 0 N–H and O–H groups in total. The summed E-state index contributed by atoms with van der Waals surface area (Å²) in [4.78, 5) is 16.6. The summed E-state index contributed by atoms with van der Waals surface area (Å²) < 4.78 is 2.16. The van der Waals surface area contributed by atoms with E-state index < -0.39 is 0 Å². The first-order chi connectivity index (χ1) is 8.93. The zero-order valence-electron chi connectivity index (χ0n) is 11.9. The van der Waals surface area contributed by atoms with Gasteiger partial charge in [-0.15, -0.1) is 0 Å². The predicted octanol–water partition coefficient (Wildman–Crippen LogP) is 3.76. The lowest BCUT2D eigenvalue weighted by molar-refractivity contribution is -0.123. The summed E-state index contributed by atoms with van der Waals surface area (Å²) in [5.41, 5.74) is 1.85. The van der Waals surface area contributed by atoms with Crippen molar-refractivity contribution in [3.63, 3.8) is 0 Å². The van der Waals surface area contributed by atoms with Gasteiger partial charge in [0.1, 0.15) is 5.78 Å². The molecule has 1 heterocycles. The van der Waals surface area contributed by atoms with Crippen LogP contribution in [0.2, 0.25) is 0 Å². The van der Waals surface area contributed by atoms with Crippen LogP contribution in [-0.4, -0.2) is 21.1 Å². The van der Waals surface area contributed by atoms with Crippen LogP contribution >= 0.6 is 11.8 Å². The monoisotopic (exact) mass is 276 g/mol. The number of hydrogen-bond donors (Lipinski definition) is 0. The summed E-state index contributed by atoms with van der Waals surface area (Å²) in [5, 5.41) is 0.932. The van der Waals surface area contributed by atoms with Gasteiger partial charge in [-0.25, -0.2) is 4.98 Å². The molecular weight excluding hydrogens is 256 g/mol. The van der Waals surface area contributed by atoms with Crippen LogP contribution in [-0.2, 0) is 11.3 Å². The maximum Gasteiger partial charge on any atom is 0.169 e. The molecule has 3 nitrogen and oxygen atoms in total. The minimum atomic E-state index is -0.282. The largest absolute Gasteiger partial charge is 0.319 e. The quantitative estimate of drug-likeness (QED) is 0.797. The number of rotatable bonds is 4. The van der Waals surface area contributed by atoms with Gasteiger partial charge in [-0.3, -0.25) is 4.79 Å². The zero-order valence-corrected chi connectivity index (χ0v) is 12.8. The van der Waals surface area contributed by atoms with E-state index >= 15 is 0 Å². The maximum absolute atomic E-state index is 12.0. The minimum absolute atomic E-state index is 0.257. The lowest BCUT2D eigenvalue weighted by Gasteiger charge is -2.15. The Kier molecular flexibility index (Phi) is 3.99.